The highest BCUT2D eigenvalue weighted by Crippen LogP contribution is 2.14. The summed E-state index contributed by atoms with van der Waals surface area (Å²) in [6.45, 7) is 3.86. The van der Waals surface area contributed by atoms with Crippen LogP contribution in [0, 0.1) is 11.6 Å². The number of aromatic nitrogens is 3. The number of esters is 1. The van der Waals surface area contributed by atoms with Crippen molar-refractivity contribution in [1.82, 2.24) is 14.8 Å². The van der Waals surface area contributed by atoms with Crippen LogP contribution in [0.4, 0.5) is 0 Å². The average molecular weight is 263 g/mol. The van der Waals surface area contributed by atoms with Gasteiger partial charge in [0.05, 0.1) is 6.61 Å². The summed E-state index contributed by atoms with van der Waals surface area (Å²) in [5.74, 6) is 0.229. The van der Waals surface area contributed by atoms with Gasteiger partial charge in [-0.25, -0.2) is 14.5 Å². The summed E-state index contributed by atoms with van der Waals surface area (Å²) in [4.78, 5) is 16.0. The molecule has 18 heavy (non-hydrogen) atoms. The largest absolute Gasteiger partial charge is 0.462 e. The number of aryl methyl sites for hydroxylation is 1. The second-order valence-electron chi connectivity index (χ2n) is 3.66. The second-order valence-corrected chi connectivity index (χ2v) is 4.05. The van der Waals surface area contributed by atoms with Crippen molar-refractivity contribution in [2.75, 3.05) is 6.61 Å². The number of nitrogens with one attached hydrogen (secondary N) is 1. The zero-order valence-corrected chi connectivity index (χ0v) is 11.0. The fourth-order valence-corrected chi connectivity index (χ4v) is 2.01. The van der Waals surface area contributed by atoms with Crippen LogP contribution in [0.3, 0.4) is 0 Å². The highest BCUT2D eigenvalue weighted by Gasteiger charge is 2.17. The third-order valence-electron chi connectivity index (χ3n) is 2.43. The van der Waals surface area contributed by atoms with Gasteiger partial charge in [-0.1, -0.05) is 18.3 Å². The standard InChI is InChI=1S/C12H13N3O2S/c1-3-17-12(16)10-8(2)14-15(11(10)18)9-6-4-5-7-13-9/h4-7,14H,3H2,1-2H3. The van der Waals surface area contributed by atoms with Crippen molar-refractivity contribution in [1.29, 1.82) is 0 Å². The topological polar surface area (TPSA) is 59.9 Å². The molecule has 0 amide bonds. The highest BCUT2D eigenvalue weighted by molar-refractivity contribution is 7.71. The first kappa shape index (κ1) is 12.5. The van der Waals surface area contributed by atoms with E-state index in [1.165, 1.54) is 0 Å². The van der Waals surface area contributed by atoms with Crippen molar-refractivity contribution < 1.29 is 9.53 Å². The molecule has 0 radical (unpaired) electrons. The Kier molecular flexibility index (Phi) is 3.57. The Bertz CT molecular complexity index is 616. The summed E-state index contributed by atoms with van der Waals surface area (Å²) >= 11 is 5.28. The summed E-state index contributed by atoms with van der Waals surface area (Å²) in [5, 5.41) is 3.02. The SMILES string of the molecule is CCOC(=O)c1c(C)[nH]n(-c2ccccn2)c1=S. The minimum Gasteiger partial charge on any atom is -0.462 e. The van der Waals surface area contributed by atoms with Gasteiger partial charge in [0, 0.05) is 11.9 Å². The number of nitrogens with zero attached hydrogens (tertiary/aromatic N) is 2. The van der Waals surface area contributed by atoms with Crippen molar-refractivity contribution in [2.24, 2.45) is 0 Å². The van der Waals surface area contributed by atoms with E-state index in [9.17, 15) is 4.79 Å². The lowest BCUT2D eigenvalue weighted by Gasteiger charge is -2.00. The monoisotopic (exact) mass is 263 g/mol. The molecule has 2 aromatic heterocycles. The van der Waals surface area contributed by atoms with E-state index in [-0.39, 0.29) is 0 Å². The molecule has 6 heteroatoms. The number of hydrogen-bond donors (Lipinski definition) is 1. The molecule has 5 nitrogen and oxygen atoms in total. The lowest BCUT2D eigenvalue weighted by Crippen LogP contribution is -2.06. The number of carbonyl (C=O) groups excluding carboxylic acids is 1. The molecule has 0 spiro atoms. The smallest absolute Gasteiger partial charge is 0.343 e. The lowest BCUT2D eigenvalue weighted by atomic mass is 10.3. The highest BCUT2D eigenvalue weighted by atomic mass is 32.1. The van der Waals surface area contributed by atoms with Gasteiger partial charge >= 0.3 is 5.97 Å². The van der Waals surface area contributed by atoms with E-state index in [0.29, 0.717) is 28.3 Å². The molecule has 0 bridgehead atoms. The first-order chi connectivity index (χ1) is 8.65. The molecule has 0 fully saturated rings. The third kappa shape index (κ3) is 2.19. The molecule has 0 unspecified atom stereocenters. The molecule has 0 aliphatic carbocycles. The van der Waals surface area contributed by atoms with Gasteiger partial charge in [0.15, 0.2) is 5.82 Å². The summed E-state index contributed by atoms with van der Waals surface area (Å²) in [6, 6.07) is 5.47. The number of H-pyrrole nitrogens is 1. The van der Waals surface area contributed by atoms with Crippen LogP contribution in [0.15, 0.2) is 24.4 Å². The molecular formula is C12H13N3O2S. The van der Waals surface area contributed by atoms with Gasteiger partial charge in [0.2, 0.25) is 0 Å². The zero-order chi connectivity index (χ0) is 13.1. The Morgan fingerprint density at radius 3 is 2.94 bits per heavy atom. The minimum atomic E-state index is -0.411. The summed E-state index contributed by atoms with van der Waals surface area (Å²) in [5.41, 5.74) is 1.06. The van der Waals surface area contributed by atoms with Gasteiger partial charge in [-0.3, -0.25) is 5.10 Å². The molecule has 1 N–H and O–H groups in total. The van der Waals surface area contributed by atoms with Gasteiger partial charge in [0.1, 0.15) is 10.2 Å². The van der Waals surface area contributed by atoms with Crippen LogP contribution in [-0.4, -0.2) is 27.3 Å². The van der Waals surface area contributed by atoms with E-state index in [0.717, 1.165) is 0 Å². The Balaban J connectivity index is 2.51. The van der Waals surface area contributed by atoms with Crippen molar-refractivity contribution in [3.05, 3.63) is 40.3 Å². The lowest BCUT2D eigenvalue weighted by molar-refractivity contribution is 0.0525. The Hall–Kier alpha value is -1.95. The molecule has 0 aliphatic heterocycles. The second kappa shape index (κ2) is 5.14. The molecule has 0 aromatic carbocycles. The van der Waals surface area contributed by atoms with Gasteiger partial charge < -0.3 is 4.74 Å². The molecule has 2 rings (SSSR count). The van der Waals surface area contributed by atoms with Crippen LogP contribution in [0.1, 0.15) is 23.0 Å². The normalized spacial score (nSPS) is 10.3. The molecular weight excluding hydrogens is 250 g/mol. The van der Waals surface area contributed by atoms with Crippen LogP contribution in [-0.2, 0) is 4.74 Å². The number of hydrogen-bond acceptors (Lipinski definition) is 4. The minimum absolute atomic E-state index is 0.321. The molecule has 0 aliphatic rings. The van der Waals surface area contributed by atoms with E-state index in [1.807, 2.05) is 12.1 Å². The fraction of sp³-hybridized carbons (Fsp3) is 0.250. The maximum absolute atomic E-state index is 11.8. The van der Waals surface area contributed by atoms with Crippen molar-refractivity contribution >= 4 is 18.2 Å². The predicted molar refractivity (Wildman–Crippen MR) is 69.4 cm³/mol. The van der Waals surface area contributed by atoms with Crippen LogP contribution in [0.5, 0.6) is 0 Å². The number of pyridine rings is 1. The van der Waals surface area contributed by atoms with Gasteiger partial charge in [-0.15, -0.1) is 0 Å². The Morgan fingerprint density at radius 2 is 2.33 bits per heavy atom. The van der Waals surface area contributed by atoms with Crippen molar-refractivity contribution in [3.63, 3.8) is 0 Å². The van der Waals surface area contributed by atoms with Crippen LogP contribution < -0.4 is 0 Å². The molecule has 0 atom stereocenters. The van der Waals surface area contributed by atoms with E-state index in [4.69, 9.17) is 17.0 Å². The van der Waals surface area contributed by atoms with Crippen molar-refractivity contribution in [2.45, 2.75) is 13.8 Å². The van der Waals surface area contributed by atoms with E-state index >= 15 is 0 Å². The number of rotatable bonds is 3. The van der Waals surface area contributed by atoms with E-state index < -0.39 is 5.97 Å². The first-order valence-electron chi connectivity index (χ1n) is 5.55. The van der Waals surface area contributed by atoms with E-state index in [1.54, 1.807) is 30.8 Å². The van der Waals surface area contributed by atoms with Gasteiger partial charge in [-0.2, -0.15) is 0 Å². The zero-order valence-electron chi connectivity index (χ0n) is 10.1. The van der Waals surface area contributed by atoms with E-state index in [2.05, 4.69) is 10.1 Å². The molecule has 2 aromatic rings. The third-order valence-corrected chi connectivity index (χ3v) is 2.82. The summed E-state index contributed by atoms with van der Waals surface area (Å²) in [6.07, 6.45) is 1.66. The van der Waals surface area contributed by atoms with Crippen molar-refractivity contribution in [3.8, 4) is 5.82 Å². The quantitative estimate of drug-likeness (QED) is 0.682. The number of aromatic amines is 1. The Morgan fingerprint density at radius 1 is 1.56 bits per heavy atom. The maximum atomic E-state index is 11.8. The maximum Gasteiger partial charge on any atom is 0.343 e. The summed E-state index contributed by atoms with van der Waals surface area (Å²) < 4.78 is 6.95. The van der Waals surface area contributed by atoms with Crippen LogP contribution in [0.25, 0.3) is 5.82 Å². The van der Waals surface area contributed by atoms with Crippen LogP contribution in [0.2, 0.25) is 0 Å². The molecule has 0 saturated carbocycles. The Labute approximate surface area is 109 Å². The molecule has 94 valence electrons. The summed E-state index contributed by atoms with van der Waals surface area (Å²) in [7, 11) is 0. The molecule has 2 heterocycles. The first-order valence-corrected chi connectivity index (χ1v) is 5.96. The van der Waals surface area contributed by atoms with Gasteiger partial charge in [-0.05, 0) is 26.0 Å². The van der Waals surface area contributed by atoms with Gasteiger partial charge in [0.25, 0.3) is 0 Å². The predicted octanol–water partition coefficient (Wildman–Crippen LogP) is 2.42. The molecule has 0 saturated heterocycles. The van der Waals surface area contributed by atoms with Crippen LogP contribution >= 0.6 is 12.2 Å². The number of carbonyl (C=O) groups is 1. The fourth-order valence-electron chi connectivity index (χ4n) is 1.64. The number of ether oxygens (including phenoxy) is 1. The average Bonchev–Trinajstić information content (AvgIpc) is 2.66.